The minimum Gasteiger partial charge on any atom is -0.263 e. The Morgan fingerprint density at radius 1 is 1.33 bits per heavy atom. The van der Waals surface area contributed by atoms with E-state index in [1.807, 2.05) is 0 Å². The molecule has 1 N–H and O–H groups in total. The molecule has 0 unspecified atom stereocenters. The smallest absolute Gasteiger partial charge is 0.263 e. The Morgan fingerprint density at radius 2 is 2.06 bits per heavy atom. The molecule has 0 amide bonds. The summed E-state index contributed by atoms with van der Waals surface area (Å²) in [5.41, 5.74) is 0. The molecule has 0 aliphatic heterocycles. The maximum Gasteiger partial charge on any atom is 0.265 e. The van der Waals surface area contributed by atoms with E-state index in [9.17, 15) is 12.8 Å². The Morgan fingerprint density at radius 3 is 2.61 bits per heavy atom. The van der Waals surface area contributed by atoms with Gasteiger partial charge in [0.05, 0.1) is 4.34 Å². The first-order chi connectivity index (χ1) is 8.38. The number of pyridine rings is 1. The van der Waals surface area contributed by atoms with Crippen molar-refractivity contribution < 1.29 is 12.8 Å². The van der Waals surface area contributed by atoms with Crippen LogP contribution in [0.15, 0.2) is 29.2 Å². The van der Waals surface area contributed by atoms with Gasteiger partial charge in [0, 0.05) is 0 Å². The van der Waals surface area contributed by atoms with Gasteiger partial charge in [-0.1, -0.05) is 29.3 Å². The molecule has 2 heterocycles. The lowest BCUT2D eigenvalue weighted by Gasteiger charge is -2.05. The van der Waals surface area contributed by atoms with Crippen molar-refractivity contribution in [1.82, 2.24) is 4.98 Å². The molecule has 0 bridgehead atoms. The first-order valence-electron chi connectivity index (χ1n) is 4.49. The Hall–Kier alpha value is -0.890. The summed E-state index contributed by atoms with van der Waals surface area (Å²) in [6.45, 7) is 0. The van der Waals surface area contributed by atoms with Gasteiger partial charge in [-0.25, -0.2) is 13.4 Å². The molecule has 2 rings (SSSR count). The fraction of sp³-hybridized carbons (Fsp3) is 0. The third-order valence-corrected chi connectivity index (χ3v) is 4.98. The van der Waals surface area contributed by atoms with Gasteiger partial charge in [-0.3, -0.25) is 4.72 Å². The van der Waals surface area contributed by atoms with Crippen LogP contribution in [0.4, 0.5) is 10.2 Å². The standard InChI is InChI=1S/C9H5Cl2FN2O2S2/c10-6-4-5(9(11)17-6)18(15,16)14-8-3-1-2-7(12)13-8/h1-4H,(H,13,14). The Bertz CT molecular complexity index is 688. The van der Waals surface area contributed by atoms with Crippen LogP contribution >= 0.6 is 34.5 Å². The lowest BCUT2D eigenvalue weighted by molar-refractivity contribution is 0.584. The van der Waals surface area contributed by atoms with E-state index in [0.29, 0.717) is 0 Å². The molecule has 0 spiro atoms. The van der Waals surface area contributed by atoms with E-state index in [2.05, 4.69) is 9.71 Å². The van der Waals surface area contributed by atoms with Gasteiger partial charge in [0.15, 0.2) is 0 Å². The number of hydrogen-bond donors (Lipinski definition) is 1. The summed E-state index contributed by atoms with van der Waals surface area (Å²) in [6.07, 6.45) is 0. The Kier molecular flexibility index (Phi) is 3.76. The third kappa shape index (κ3) is 2.92. The molecule has 0 fully saturated rings. The molecule has 0 aliphatic rings. The molecule has 0 saturated heterocycles. The SMILES string of the molecule is O=S(=O)(Nc1cccc(F)n1)c1cc(Cl)sc1Cl. The molecule has 0 saturated carbocycles. The second kappa shape index (κ2) is 5.00. The summed E-state index contributed by atoms with van der Waals surface area (Å²) in [4.78, 5) is 3.23. The number of hydrogen-bond acceptors (Lipinski definition) is 4. The fourth-order valence-electron chi connectivity index (χ4n) is 1.17. The van der Waals surface area contributed by atoms with Gasteiger partial charge < -0.3 is 0 Å². The van der Waals surface area contributed by atoms with Crippen molar-refractivity contribution in [3.8, 4) is 0 Å². The summed E-state index contributed by atoms with van der Waals surface area (Å²) < 4.78 is 39.1. The van der Waals surface area contributed by atoms with Crippen LogP contribution < -0.4 is 4.72 Å². The van der Waals surface area contributed by atoms with Gasteiger partial charge in [-0.05, 0) is 18.2 Å². The third-order valence-electron chi connectivity index (χ3n) is 1.87. The summed E-state index contributed by atoms with van der Waals surface area (Å²) in [5.74, 6) is -0.918. The van der Waals surface area contributed by atoms with Crippen LogP contribution in [0.5, 0.6) is 0 Å². The lowest BCUT2D eigenvalue weighted by atomic mass is 10.5. The van der Waals surface area contributed by atoms with Crippen LogP contribution in [0.25, 0.3) is 0 Å². The molecule has 0 aliphatic carbocycles. The van der Waals surface area contributed by atoms with Crippen molar-refractivity contribution >= 4 is 50.4 Å². The number of sulfonamides is 1. The largest absolute Gasteiger partial charge is 0.265 e. The van der Waals surface area contributed by atoms with Gasteiger partial charge in [-0.15, -0.1) is 11.3 Å². The molecule has 18 heavy (non-hydrogen) atoms. The number of thiophene rings is 1. The van der Waals surface area contributed by atoms with Gasteiger partial charge in [0.25, 0.3) is 10.0 Å². The maximum absolute atomic E-state index is 12.8. The van der Waals surface area contributed by atoms with Gasteiger partial charge in [-0.2, -0.15) is 4.39 Å². The Balaban J connectivity index is 2.36. The number of halogens is 3. The highest BCUT2D eigenvalue weighted by Gasteiger charge is 2.21. The molecule has 2 aromatic heterocycles. The molecular formula is C9H5Cl2FN2O2S2. The molecule has 0 radical (unpaired) electrons. The minimum atomic E-state index is -3.93. The predicted octanol–water partition coefficient (Wildman–Crippen LogP) is 3.39. The number of rotatable bonds is 3. The predicted molar refractivity (Wildman–Crippen MR) is 69.3 cm³/mol. The van der Waals surface area contributed by atoms with E-state index in [4.69, 9.17) is 23.2 Å². The van der Waals surface area contributed by atoms with Crippen molar-refractivity contribution in [2.75, 3.05) is 4.72 Å². The van der Waals surface area contributed by atoms with Crippen LogP contribution in [-0.2, 0) is 10.0 Å². The van der Waals surface area contributed by atoms with E-state index in [-0.39, 0.29) is 19.4 Å². The van der Waals surface area contributed by atoms with Gasteiger partial charge in [0.1, 0.15) is 15.0 Å². The van der Waals surface area contributed by atoms with E-state index < -0.39 is 16.0 Å². The van der Waals surface area contributed by atoms with Crippen LogP contribution in [0, 0.1) is 5.95 Å². The summed E-state index contributed by atoms with van der Waals surface area (Å²) in [5, 5.41) is 0. The monoisotopic (exact) mass is 326 g/mol. The molecular weight excluding hydrogens is 322 g/mol. The normalized spacial score (nSPS) is 11.5. The number of aromatic nitrogens is 1. The quantitative estimate of drug-likeness (QED) is 0.879. The van der Waals surface area contributed by atoms with Gasteiger partial charge >= 0.3 is 0 Å². The number of nitrogens with zero attached hydrogens (tertiary/aromatic N) is 1. The highest BCUT2D eigenvalue weighted by Crippen LogP contribution is 2.34. The number of anilines is 1. The topological polar surface area (TPSA) is 59.1 Å². The second-order valence-corrected chi connectivity index (χ2v) is 7.08. The van der Waals surface area contributed by atoms with Crippen LogP contribution in [-0.4, -0.2) is 13.4 Å². The zero-order chi connectivity index (χ0) is 13.3. The summed E-state index contributed by atoms with van der Waals surface area (Å²) >= 11 is 12.3. The average molecular weight is 327 g/mol. The second-order valence-electron chi connectivity index (χ2n) is 3.14. The molecule has 0 aromatic carbocycles. The maximum atomic E-state index is 12.8. The van der Waals surface area contributed by atoms with Crippen molar-refractivity contribution in [3.05, 3.63) is 38.9 Å². The van der Waals surface area contributed by atoms with Crippen LogP contribution in [0.3, 0.4) is 0 Å². The first kappa shape index (κ1) is 13.5. The zero-order valence-electron chi connectivity index (χ0n) is 8.52. The average Bonchev–Trinajstić information content (AvgIpc) is 2.58. The molecule has 4 nitrogen and oxygen atoms in total. The molecule has 0 atom stereocenters. The highest BCUT2D eigenvalue weighted by atomic mass is 35.5. The lowest BCUT2D eigenvalue weighted by Crippen LogP contribution is -2.13. The Labute approximate surface area is 116 Å². The van der Waals surface area contributed by atoms with Crippen molar-refractivity contribution in [1.29, 1.82) is 0 Å². The summed E-state index contributed by atoms with van der Waals surface area (Å²) in [7, 11) is -3.93. The van der Waals surface area contributed by atoms with Crippen molar-refractivity contribution in [2.24, 2.45) is 0 Å². The van der Waals surface area contributed by atoms with E-state index in [1.54, 1.807) is 0 Å². The first-order valence-corrected chi connectivity index (χ1v) is 7.54. The van der Waals surface area contributed by atoms with Crippen LogP contribution in [0.2, 0.25) is 8.67 Å². The van der Waals surface area contributed by atoms with E-state index in [0.717, 1.165) is 17.4 Å². The fourth-order valence-corrected chi connectivity index (χ4v) is 4.32. The van der Waals surface area contributed by atoms with E-state index >= 15 is 0 Å². The van der Waals surface area contributed by atoms with Gasteiger partial charge in [0.2, 0.25) is 5.95 Å². The number of nitrogens with one attached hydrogen (secondary N) is 1. The molecule has 96 valence electrons. The highest BCUT2D eigenvalue weighted by molar-refractivity contribution is 7.93. The van der Waals surface area contributed by atoms with E-state index in [1.165, 1.54) is 18.2 Å². The molecule has 9 heteroatoms. The minimum absolute atomic E-state index is 0.0314. The summed E-state index contributed by atoms with van der Waals surface area (Å²) in [6, 6.07) is 4.98. The van der Waals surface area contributed by atoms with Crippen molar-refractivity contribution in [3.63, 3.8) is 0 Å². The van der Waals surface area contributed by atoms with Crippen LogP contribution in [0.1, 0.15) is 0 Å². The van der Waals surface area contributed by atoms with Crippen molar-refractivity contribution in [2.45, 2.75) is 4.90 Å². The molecule has 2 aromatic rings. The zero-order valence-corrected chi connectivity index (χ0v) is 11.7.